The first kappa shape index (κ1) is 15.5. The minimum absolute atomic E-state index is 0.00630. The number of sulfonamides is 1. The highest BCUT2D eigenvalue weighted by molar-refractivity contribution is 7.90. The highest BCUT2D eigenvalue weighted by Gasteiger charge is 2.42. The van der Waals surface area contributed by atoms with Gasteiger partial charge in [0, 0.05) is 13.0 Å². The lowest BCUT2D eigenvalue weighted by atomic mass is 9.96. The Kier molecular flexibility index (Phi) is 4.30. The molecule has 2 unspecified atom stereocenters. The van der Waals surface area contributed by atoms with Crippen molar-refractivity contribution in [2.75, 3.05) is 0 Å². The van der Waals surface area contributed by atoms with Crippen molar-refractivity contribution in [3.8, 4) is 6.07 Å². The predicted molar refractivity (Wildman–Crippen MR) is 75.7 cm³/mol. The van der Waals surface area contributed by atoms with Crippen LogP contribution in [0.5, 0.6) is 0 Å². The number of benzene rings is 1. The molecule has 0 aromatic heterocycles. The van der Waals surface area contributed by atoms with Crippen molar-refractivity contribution in [3.05, 3.63) is 35.4 Å². The van der Waals surface area contributed by atoms with Gasteiger partial charge in [0.25, 0.3) is 0 Å². The number of carbonyl (C=O) groups is 1. The Labute approximate surface area is 123 Å². The zero-order valence-corrected chi connectivity index (χ0v) is 12.4. The van der Waals surface area contributed by atoms with Crippen LogP contribution in [0.15, 0.2) is 24.3 Å². The monoisotopic (exact) mass is 308 g/mol. The molecule has 1 aromatic carbocycles. The third kappa shape index (κ3) is 2.77. The highest BCUT2D eigenvalue weighted by atomic mass is 32.2. The predicted octanol–water partition coefficient (Wildman–Crippen LogP) is 1.13. The second kappa shape index (κ2) is 5.84. The maximum absolute atomic E-state index is 12.5. The zero-order chi connectivity index (χ0) is 15.6. The number of hydrogen-bond acceptors (Lipinski definition) is 4. The molecule has 0 radical (unpaired) electrons. The summed E-state index contributed by atoms with van der Waals surface area (Å²) in [5.74, 6) is -1.19. The summed E-state index contributed by atoms with van der Waals surface area (Å²) in [7, 11) is -3.97. The van der Waals surface area contributed by atoms with E-state index < -0.39 is 27.3 Å². The van der Waals surface area contributed by atoms with Crippen LogP contribution in [0.2, 0.25) is 0 Å². The summed E-state index contributed by atoms with van der Waals surface area (Å²) >= 11 is 0. The molecular weight excluding hydrogens is 292 g/mol. The van der Waals surface area contributed by atoms with Gasteiger partial charge < -0.3 is 5.11 Å². The van der Waals surface area contributed by atoms with Gasteiger partial charge in [-0.25, -0.2) is 8.42 Å². The maximum atomic E-state index is 12.5. The fourth-order valence-corrected chi connectivity index (χ4v) is 4.23. The van der Waals surface area contributed by atoms with Gasteiger partial charge >= 0.3 is 5.97 Å². The van der Waals surface area contributed by atoms with Crippen LogP contribution in [-0.4, -0.2) is 35.1 Å². The quantitative estimate of drug-likeness (QED) is 0.899. The van der Waals surface area contributed by atoms with Crippen LogP contribution in [0.3, 0.4) is 0 Å². The molecule has 112 valence electrons. The molecule has 0 spiro atoms. The fraction of sp³-hybridized carbons (Fsp3) is 0.429. The summed E-state index contributed by atoms with van der Waals surface area (Å²) in [6.45, 7) is 1.59. The molecule has 0 saturated carbocycles. The molecule has 2 atom stereocenters. The van der Waals surface area contributed by atoms with Crippen molar-refractivity contribution in [1.29, 1.82) is 5.26 Å². The summed E-state index contributed by atoms with van der Waals surface area (Å²) in [6, 6.07) is 7.76. The molecular formula is C14H16N2O4S. The summed E-state index contributed by atoms with van der Waals surface area (Å²) in [5.41, 5.74) is 1.62. The molecule has 1 aromatic rings. The first-order valence-electron chi connectivity index (χ1n) is 6.61. The topological polar surface area (TPSA) is 98.5 Å². The van der Waals surface area contributed by atoms with Crippen molar-refractivity contribution in [3.63, 3.8) is 0 Å². The van der Waals surface area contributed by atoms with Crippen LogP contribution in [-0.2, 0) is 27.8 Å². The van der Waals surface area contributed by atoms with E-state index in [1.807, 2.05) is 0 Å². The van der Waals surface area contributed by atoms with E-state index in [0.29, 0.717) is 0 Å². The van der Waals surface area contributed by atoms with Crippen LogP contribution in [0.25, 0.3) is 0 Å². The van der Waals surface area contributed by atoms with E-state index in [2.05, 4.69) is 0 Å². The lowest BCUT2D eigenvalue weighted by molar-refractivity contribution is -0.141. The maximum Gasteiger partial charge on any atom is 0.322 e. The molecule has 1 N–H and O–H groups in total. The average Bonchev–Trinajstić information content (AvgIpc) is 2.46. The standard InChI is InChI=1S/C14H16N2O4S/c1-2-12(8-15)21(19,20)16-9-11-6-4-3-5-10(11)7-13(16)14(17)18/h3-6,12-13H,2,7,9H2,1H3,(H,17,18). The second-order valence-corrected chi connectivity index (χ2v) is 7.01. The van der Waals surface area contributed by atoms with Crippen molar-refractivity contribution < 1.29 is 18.3 Å². The van der Waals surface area contributed by atoms with E-state index in [0.717, 1.165) is 15.4 Å². The van der Waals surface area contributed by atoms with Crippen LogP contribution < -0.4 is 0 Å². The zero-order valence-electron chi connectivity index (χ0n) is 11.6. The number of aliphatic carboxylic acids is 1. The number of hydrogen-bond donors (Lipinski definition) is 1. The smallest absolute Gasteiger partial charge is 0.322 e. The molecule has 0 aliphatic carbocycles. The van der Waals surface area contributed by atoms with Gasteiger partial charge in [0.2, 0.25) is 10.0 Å². The summed E-state index contributed by atoms with van der Waals surface area (Å²) in [4.78, 5) is 11.4. The van der Waals surface area contributed by atoms with Crippen molar-refractivity contribution in [1.82, 2.24) is 4.31 Å². The lowest BCUT2D eigenvalue weighted by Crippen LogP contribution is -2.51. The number of carboxylic acid groups (broad SMARTS) is 1. The number of nitrogens with zero attached hydrogens (tertiary/aromatic N) is 2. The summed E-state index contributed by atoms with van der Waals surface area (Å²) in [5, 5.41) is 17.1. The van der Waals surface area contributed by atoms with Crippen LogP contribution in [0, 0.1) is 11.3 Å². The normalized spacial score (nSPS) is 20.3. The van der Waals surface area contributed by atoms with Gasteiger partial charge in [-0.1, -0.05) is 31.2 Å². The van der Waals surface area contributed by atoms with E-state index in [9.17, 15) is 18.3 Å². The summed E-state index contributed by atoms with van der Waals surface area (Å²) < 4.78 is 26.0. The van der Waals surface area contributed by atoms with Gasteiger partial charge in [-0.2, -0.15) is 9.57 Å². The number of fused-ring (bicyclic) bond motifs is 1. The lowest BCUT2D eigenvalue weighted by Gasteiger charge is -2.34. The van der Waals surface area contributed by atoms with Crippen molar-refractivity contribution >= 4 is 16.0 Å². The van der Waals surface area contributed by atoms with Gasteiger partial charge in [0.15, 0.2) is 5.25 Å². The van der Waals surface area contributed by atoms with Crippen LogP contribution in [0.4, 0.5) is 0 Å². The Morgan fingerprint density at radius 1 is 1.48 bits per heavy atom. The van der Waals surface area contributed by atoms with Gasteiger partial charge in [-0.15, -0.1) is 0 Å². The highest BCUT2D eigenvalue weighted by Crippen LogP contribution is 2.28. The molecule has 0 bridgehead atoms. The van der Waals surface area contributed by atoms with Gasteiger partial charge in [-0.05, 0) is 17.5 Å². The molecule has 1 aliphatic rings. The Morgan fingerprint density at radius 2 is 2.10 bits per heavy atom. The van der Waals surface area contributed by atoms with E-state index in [4.69, 9.17) is 5.26 Å². The molecule has 0 saturated heterocycles. The first-order valence-corrected chi connectivity index (χ1v) is 8.12. The molecule has 0 fully saturated rings. The minimum atomic E-state index is -3.97. The molecule has 6 nitrogen and oxygen atoms in total. The molecule has 1 aliphatic heterocycles. The van der Waals surface area contributed by atoms with E-state index in [1.54, 1.807) is 37.3 Å². The third-order valence-corrected chi connectivity index (χ3v) is 5.89. The molecule has 0 amide bonds. The molecule has 21 heavy (non-hydrogen) atoms. The Bertz CT molecular complexity index is 693. The molecule has 1 heterocycles. The van der Waals surface area contributed by atoms with Gasteiger partial charge in [-0.3, -0.25) is 4.79 Å². The molecule has 7 heteroatoms. The number of rotatable bonds is 4. The summed E-state index contributed by atoms with van der Waals surface area (Å²) in [6.07, 6.45) is 0.246. The Balaban J connectivity index is 2.47. The third-order valence-electron chi connectivity index (χ3n) is 3.69. The van der Waals surface area contributed by atoms with Crippen LogP contribution >= 0.6 is 0 Å². The fourth-order valence-electron chi connectivity index (χ4n) is 2.51. The Morgan fingerprint density at radius 3 is 2.62 bits per heavy atom. The molecule has 2 rings (SSSR count). The second-order valence-electron chi connectivity index (χ2n) is 4.94. The first-order chi connectivity index (χ1) is 9.91. The largest absolute Gasteiger partial charge is 0.480 e. The van der Waals surface area contributed by atoms with Crippen LogP contribution in [0.1, 0.15) is 24.5 Å². The van der Waals surface area contributed by atoms with E-state index in [1.165, 1.54) is 0 Å². The van der Waals surface area contributed by atoms with Crippen molar-refractivity contribution in [2.24, 2.45) is 0 Å². The van der Waals surface area contributed by atoms with E-state index in [-0.39, 0.29) is 19.4 Å². The number of nitriles is 1. The van der Waals surface area contributed by atoms with E-state index >= 15 is 0 Å². The SMILES string of the molecule is CCC(C#N)S(=O)(=O)N1Cc2ccccc2CC1C(=O)O. The number of carboxylic acids is 1. The minimum Gasteiger partial charge on any atom is -0.480 e. The average molecular weight is 308 g/mol. The van der Waals surface area contributed by atoms with Gasteiger partial charge in [0.05, 0.1) is 6.07 Å². The Hall–Kier alpha value is -1.91. The van der Waals surface area contributed by atoms with Gasteiger partial charge in [0.1, 0.15) is 6.04 Å². The van der Waals surface area contributed by atoms with Crippen molar-refractivity contribution in [2.45, 2.75) is 37.6 Å².